The molecule has 0 saturated carbocycles. The van der Waals surface area contributed by atoms with E-state index >= 15 is 0 Å². The van der Waals surface area contributed by atoms with E-state index in [4.69, 9.17) is 10.1 Å². The Hall–Kier alpha value is -5.00. The lowest BCUT2D eigenvalue weighted by Gasteiger charge is -2.15. The zero-order chi connectivity index (χ0) is 32.6. The molecule has 1 heterocycles. The summed E-state index contributed by atoms with van der Waals surface area (Å²) in [4.78, 5) is 56.0. The molecule has 0 bridgehead atoms. The van der Waals surface area contributed by atoms with Gasteiger partial charge in [-0.25, -0.2) is 0 Å². The molecule has 5 N–H and O–H groups in total. The second-order valence-corrected chi connectivity index (χ2v) is 10.7. The van der Waals surface area contributed by atoms with Gasteiger partial charge in [-0.3, -0.25) is 29.6 Å². The normalized spacial score (nSPS) is 12.0. The van der Waals surface area contributed by atoms with Gasteiger partial charge in [0.15, 0.2) is 6.61 Å². The number of nitrogens with one attached hydrogen (secondary N) is 5. The first kappa shape index (κ1) is 34.5. The number of hydrogen-bond donors (Lipinski definition) is 5. The van der Waals surface area contributed by atoms with E-state index in [1.807, 2.05) is 13.0 Å². The van der Waals surface area contributed by atoms with E-state index < -0.39 is 11.8 Å². The Balaban J connectivity index is 1.59. The van der Waals surface area contributed by atoms with Crippen LogP contribution in [-0.4, -0.2) is 80.5 Å². The first-order chi connectivity index (χ1) is 21.7. The zero-order valence-corrected chi connectivity index (χ0v) is 26.2. The third-order valence-corrected chi connectivity index (χ3v) is 6.89. The molecule has 0 aromatic heterocycles. The topological polar surface area (TPSA) is 165 Å². The molecule has 12 nitrogen and oxygen atoms in total. The van der Waals surface area contributed by atoms with Crippen LogP contribution in [0.25, 0.3) is 0 Å². The fourth-order valence-electron chi connectivity index (χ4n) is 4.30. The summed E-state index contributed by atoms with van der Waals surface area (Å²) < 4.78 is 5.68. The minimum Gasteiger partial charge on any atom is -0.484 e. The van der Waals surface area contributed by atoms with Crippen molar-refractivity contribution in [2.45, 2.75) is 45.4 Å². The quantitative estimate of drug-likeness (QED) is 0.117. The van der Waals surface area contributed by atoms with Crippen LogP contribution in [0.3, 0.4) is 0 Å². The second-order valence-electron chi connectivity index (χ2n) is 10.7. The van der Waals surface area contributed by atoms with Crippen molar-refractivity contribution in [2.75, 3.05) is 45.7 Å². The Morgan fingerprint density at radius 2 is 1.53 bits per heavy atom. The average Bonchev–Trinajstić information content (AvgIpc) is 3.05. The van der Waals surface area contributed by atoms with Crippen molar-refractivity contribution in [3.63, 3.8) is 0 Å². The predicted octanol–water partition coefficient (Wildman–Crippen LogP) is 3.50. The SMILES string of the molecule is CCC(=O)NCCCCCCNC(=O)COc1ccc(NC(=O)c2ccc(C(=N)N(C)C)cc2)c(C(=O)NC2=NCCC=C2)c1. The average molecular weight is 618 g/mol. The van der Waals surface area contributed by atoms with Crippen molar-refractivity contribution in [1.82, 2.24) is 20.9 Å². The van der Waals surface area contributed by atoms with Crippen molar-refractivity contribution in [3.8, 4) is 5.75 Å². The van der Waals surface area contributed by atoms with Gasteiger partial charge in [-0.05, 0) is 55.7 Å². The van der Waals surface area contributed by atoms with Crippen LogP contribution in [0.5, 0.6) is 5.75 Å². The summed E-state index contributed by atoms with van der Waals surface area (Å²) in [5.41, 5.74) is 1.42. The molecular formula is C33H43N7O5. The number of benzene rings is 2. The number of aliphatic imine (C=N–C) groups is 1. The van der Waals surface area contributed by atoms with E-state index in [0.717, 1.165) is 32.1 Å². The largest absolute Gasteiger partial charge is 0.484 e. The Bertz CT molecular complexity index is 1420. The second kappa shape index (κ2) is 18.0. The fourth-order valence-corrected chi connectivity index (χ4v) is 4.30. The molecule has 2 aromatic carbocycles. The van der Waals surface area contributed by atoms with E-state index in [-0.39, 0.29) is 35.4 Å². The zero-order valence-electron chi connectivity index (χ0n) is 26.2. The highest BCUT2D eigenvalue weighted by molar-refractivity contribution is 6.15. The monoisotopic (exact) mass is 617 g/mol. The molecule has 0 spiro atoms. The fraction of sp³-hybridized carbons (Fsp3) is 0.394. The molecule has 0 aliphatic carbocycles. The van der Waals surface area contributed by atoms with Gasteiger partial charge in [-0.1, -0.05) is 38.0 Å². The lowest BCUT2D eigenvalue weighted by molar-refractivity contribution is -0.123. The number of carbonyl (C=O) groups excluding carboxylic acids is 4. The number of ether oxygens (including phenoxy) is 1. The molecule has 1 aliphatic rings. The van der Waals surface area contributed by atoms with Gasteiger partial charge in [0.1, 0.15) is 17.4 Å². The summed E-state index contributed by atoms with van der Waals surface area (Å²) in [5, 5.41) is 19.3. The van der Waals surface area contributed by atoms with Crippen LogP contribution < -0.4 is 26.0 Å². The maximum Gasteiger partial charge on any atom is 0.259 e. The Kier molecular flexibility index (Phi) is 13.8. The standard InChI is InChI=1S/C33H43N7O5/c1-4-29(41)36-19-8-5-6-9-20-37-30(42)22-45-25-16-17-27(26(21-25)33(44)39-28-11-7-10-18-35-28)38-32(43)24-14-12-23(13-15-24)31(34)40(2)3/h7,11-17,21,34H,4-6,8-10,18-20,22H2,1-3H3,(H,36,41)(H,37,42)(H,38,43)(H,35,39,44). The summed E-state index contributed by atoms with van der Waals surface area (Å²) >= 11 is 0. The van der Waals surface area contributed by atoms with Crippen LogP contribution in [0, 0.1) is 5.41 Å². The van der Waals surface area contributed by atoms with E-state index in [0.29, 0.717) is 48.9 Å². The molecule has 240 valence electrons. The first-order valence-electron chi connectivity index (χ1n) is 15.2. The maximum absolute atomic E-state index is 13.3. The minimum atomic E-state index is -0.491. The summed E-state index contributed by atoms with van der Waals surface area (Å²) in [6.07, 6.45) is 8.50. The van der Waals surface area contributed by atoms with Crippen LogP contribution in [0.2, 0.25) is 0 Å². The van der Waals surface area contributed by atoms with Crippen LogP contribution >= 0.6 is 0 Å². The van der Waals surface area contributed by atoms with Crippen LogP contribution in [0.4, 0.5) is 5.69 Å². The summed E-state index contributed by atoms with van der Waals surface area (Å²) in [5.74, 6) is -0.143. The van der Waals surface area contributed by atoms with Crippen molar-refractivity contribution < 1.29 is 23.9 Å². The van der Waals surface area contributed by atoms with Gasteiger partial charge in [0.25, 0.3) is 17.7 Å². The van der Waals surface area contributed by atoms with Gasteiger partial charge in [0, 0.05) is 51.3 Å². The van der Waals surface area contributed by atoms with Gasteiger partial charge in [-0.2, -0.15) is 0 Å². The molecule has 0 unspecified atom stereocenters. The molecule has 45 heavy (non-hydrogen) atoms. The number of amides is 4. The molecule has 0 radical (unpaired) electrons. The highest BCUT2D eigenvalue weighted by Crippen LogP contribution is 2.23. The highest BCUT2D eigenvalue weighted by Gasteiger charge is 2.18. The summed E-state index contributed by atoms with van der Waals surface area (Å²) in [6.45, 7) is 3.32. The molecule has 2 aromatic rings. The summed E-state index contributed by atoms with van der Waals surface area (Å²) in [6, 6.07) is 11.2. The van der Waals surface area contributed by atoms with Crippen molar-refractivity contribution in [2.24, 2.45) is 4.99 Å². The number of unbranched alkanes of at least 4 members (excludes halogenated alkanes) is 3. The number of hydrogen-bond acceptors (Lipinski definition) is 7. The number of nitrogens with zero attached hydrogens (tertiary/aromatic N) is 2. The highest BCUT2D eigenvalue weighted by atomic mass is 16.5. The van der Waals surface area contributed by atoms with Crippen molar-refractivity contribution in [1.29, 1.82) is 5.41 Å². The first-order valence-corrected chi connectivity index (χ1v) is 15.2. The lowest BCUT2D eigenvalue weighted by Crippen LogP contribution is -2.31. The van der Waals surface area contributed by atoms with Gasteiger partial charge in [0.2, 0.25) is 5.91 Å². The Morgan fingerprint density at radius 3 is 2.16 bits per heavy atom. The van der Waals surface area contributed by atoms with Crippen LogP contribution in [0.1, 0.15) is 71.7 Å². The minimum absolute atomic E-state index is 0.0510. The summed E-state index contributed by atoms with van der Waals surface area (Å²) in [7, 11) is 3.54. The predicted molar refractivity (Wildman–Crippen MR) is 175 cm³/mol. The molecule has 12 heteroatoms. The van der Waals surface area contributed by atoms with Crippen LogP contribution in [-0.2, 0) is 9.59 Å². The molecule has 0 atom stereocenters. The van der Waals surface area contributed by atoms with Gasteiger partial charge < -0.3 is 30.9 Å². The van der Waals surface area contributed by atoms with Crippen LogP contribution in [0.15, 0.2) is 59.6 Å². The third kappa shape index (κ3) is 11.5. The molecule has 1 aliphatic heterocycles. The molecular weight excluding hydrogens is 574 g/mol. The smallest absolute Gasteiger partial charge is 0.259 e. The number of anilines is 1. The Labute approximate surface area is 264 Å². The van der Waals surface area contributed by atoms with E-state index in [1.165, 1.54) is 6.07 Å². The maximum atomic E-state index is 13.3. The molecule has 0 fully saturated rings. The lowest BCUT2D eigenvalue weighted by atomic mass is 10.1. The number of carbonyl (C=O) groups is 4. The number of rotatable bonds is 15. The molecule has 3 rings (SSSR count). The van der Waals surface area contributed by atoms with Gasteiger partial charge >= 0.3 is 0 Å². The number of dihydropyridines is 1. The Morgan fingerprint density at radius 1 is 0.867 bits per heavy atom. The van der Waals surface area contributed by atoms with E-state index in [1.54, 1.807) is 61.5 Å². The van der Waals surface area contributed by atoms with Crippen molar-refractivity contribution in [3.05, 3.63) is 71.3 Å². The van der Waals surface area contributed by atoms with Gasteiger partial charge in [0.05, 0.1) is 11.3 Å². The van der Waals surface area contributed by atoms with Crippen molar-refractivity contribution >= 4 is 41.0 Å². The molecule has 0 saturated heterocycles. The molecule has 4 amide bonds. The number of amidine groups is 2. The van der Waals surface area contributed by atoms with E-state index in [9.17, 15) is 19.2 Å². The third-order valence-electron chi connectivity index (χ3n) is 6.89. The van der Waals surface area contributed by atoms with E-state index in [2.05, 4.69) is 26.3 Å². The van der Waals surface area contributed by atoms with Gasteiger partial charge in [-0.15, -0.1) is 0 Å².